The molecule has 0 spiro atoms. The van der Waals surface area contributed by atoms with Crippen LogP contribution in [0, 0.1) is 26.6 Å². The lowest BCUT2D eigenvalue weighted by molar-refractivity contribution is -0.137. The minimum absolute atomic E-state index is 0.0160. The zero-order valence-electron chi connectivity index (χ0n) is 22.9. The van der Waals surface area contributed by atoms with Crippen molar-refractivity contribution in [2.45, 2.75) is 38.5 Å². The minimum Gasteiger partial charge on any atom is -0.454 e. The summed E-state index contributed by atoms with van der Waals surface area (Å²) in [4.78, 5) is 38.3. The number of nitrogens with zero attached hydrogens (tertiary/aromatic N) is 3. The van der Waals surface area contributed by atoms with Crippen LogP contribution in [0.3, 0.4) is 0 Å². The van der Waals surface area contributed by atoms with Gasteiger partial charge in [-0.05, 0) is 67.8 Å². The largest absolute Gasteiger partial charge is 0.454 e. The van der Waals surface area contributed by atoms with E-state index in [1.807, 2.05) is 51.1 Å². The molecule has 41 heavy (non-hydrogen) atoms. The van der Waals surface area contributed by atoms with E-state index in [1.54, 1.807) is 24.3 Å². The maximum Gasteiger partial charge on any atom is 0.251 e. The molecule has 4 aromatic rings. The molecule has 0 fully saturated rings. The number of benzene rings is 3. The zero-order valence-corrected chi connectivity index (χ0v) is 23.7. The van der Waals surface area contributed by atoms with Crippen LogP contribution in [0.1, 0.15) is 34.1 Å². The first kappa shape index (κ1) is 28.1. The van der Waals surface area contributed by atoms with Crippen molar-refractivity contribution < 1.29 is 23.5 Å². The van der Waals surface area contributed by atoms with Crippen molar-refractivity contribution in [2.75, 3.05) is 17.9 Å². The number of amides is 2. The molecule has 5 rings (SSSR count). The first-order valence-electron chi connectivity index (χ1n) is 13.0. The average Bonchev–Trinajstić information content (AvgIpc) is 3.40. The van der Waals surface area contributed by atoms with Crippen molar-refractivity contribution in [3.8, 4) is 11.5 Å². The third-order valence-electron chi connectivity index (χ3n) is 6.57. The number of rotatable bonds is 9. The smallest absolute Gasteiger partial charge is 0.251 e. The fourth-order valence-electron chi connectivity index (χ4n) is 4.60. The third-order valence-corrected chi connectivity index (χ3v) is 7.41. The Morgan fingerprint density at radius 3 is 2.46 bits per heavy atom. The van der Waals surface area contributed by atoms with Gasteiger partial charge in [-0.3, -0.25) is 9.59 Å². The molecule has 0 aliphatic carbocycles. The number of fused-ring (bicyclic) bond motifs is 1. The second-order valence-electron chi connectivity index (χ2n) is 9.68. The molecule has 0 saturated carbocycles. The van der Waals surface area contributed by atoms with E-state index in [4.69, 9.17) is 9.47 Å². The Balaban J connectivity index is 1.50. The summed E-state index contributed by atoms with van der Waals surface area (Å²) in [5.74, 6) is -0.267. The van der Waals surface area contributed by atoms with E-state index >= 15 is 0 Å². The first-order valence-corrected chi connectivity index (χ1v) is 14.0. The predicted octanol–water partition coefficient (Wildman–Crippen LogP) is 5.77. The van der Waals surface area contributed by atoms with E-state index in [0.717, 1.165) is 22.5 Å². The van der Waals surface area contributed by atoms with Crippen LogP contribution >= 0.6 is 11.8 Å². The van der Waals surface area contributed by atoms with Gasteiger partial charge in [0, 0.05) is 29.7 Å². The van der Waals surface area contributed by atoms with Gasteiger partial charge in [0.2, 0.25) is 12.7 Å². The maximum atomic E-state index is 14.5. The number of anilines is 1. The van der Waals surface area contributed by atoms with E-state index in [9.17, 15) is 14.0 Å². The predicted molar refractivity (Wildman–Crippen MR) is 154 cm³/mol. The summed E-state index contributed by atoms with van der Waals surface area (Å²) in [7, 11) is 0. The zero-order chi connectivity index (χ0) is 28.9. The van der Waals surface area contributed by atoms with Crippen LogP contribution in [-0.4, -0.2) is 39.2 Å². The van der Waals surface area contributed by atoms with E-state index in [1.165, 1.54) is 34.9 Å². The molecule has 0 radical (unpaired) electrons. The van der Waals surface area contributed by atoms with Gasteiger partial charge in [-0.1, -0.05) is 48.2 Å². The standard InChI is InChI=1S/C31H29FN4O4S/c1-19-7-4-5-8-23(19)16-36(28(37)17-41-31-33-20(2)13-21(3)34-31)29(22-9-6-10-24(32)14-22)30(38)35-25-11-12-26-27(15-25)40-18-39-26/h4-15,29H,16-18H2,1-3H3,(H,35,38). The number of hydrogen-bond donors (Lipinski definition) is 1. The van der Waals surface area contributed by atoms with Gasteiger partial charge >= 0.3 is 0 Å². The molecule has 1 unspecified atom stereocenters. The highest BCUT2D eigenvalue weighted by molar-refractivity contribution is 7.99. The molecule has 1 aliphatic rings. The number of ether oxygens (including phenoxy) is 2. The molecule has 0 saturated heterocycles. The van der Waals surface area contributed by atoms with Gasteiger partial charge in [0.15, 0.2) is 16.7 Å². The van der Waals surface area contributed by atoms with E-state index < -0.39 is 17.8 Å². The molecule has 2 heterocycles. The number of carbonyl (C=O) groups excluding carboxylic acids is 2. The first-order chi connectivity index (χ1) is 19.8. The summed E-state index contributed by atoms with van der Waals surface area (Å²) in [5, 5.41) is 3.36. The van der Waals surface area contributed by atoms with Gasteiger partial charge in [-0.15, -0.1) is 0 Å². The molecule has 3 aromatic carbocycles. The third kappa shape index (κ3) is 6.83. The molecular weight excluding hydrogens is 543 g/mol. The van der Waals surface area contributed by atoms with Gasteiger partial charge < -0.3 is 19.7 Å². The number of halogens is 1. The lowest BCUT2D eigenvalue weighted by atomic mass is 10.0. The van der Waals surface area contributed by atoms with Crippen LogP contribution in [0.4, 0.5) is 10.1 Å². The monoisotopic (exact) mass is 572 g/mol. The van der Waals surface area contributed by atoms with Crippen LogP contribution in [0.5, 0.6) is 11.5 Å². The van der Waals surface area contributed by atoms with Crippen molar-refractivity contribution in [1.82, 2.24) is 14.9 Å². The molecule has 1 aliphatic heterocycles. The quantitative estimate of drug-likeness (QED) is 0.201. The fraction of sp³-hybridized carbons (Fsp3) is 0.226. The van der Waals surface area contributed by atoms with Crippen LogP contribution in [-0.2, 0) is 16.1 Å². The van der Waals surface area contributed by atoms with Crippen molar-refractivity contribution in [3.05, 3.63) is 107 Å². The molecule has 8 nitrogen and oxygen atoms in total. The van der Waals surface area contributed by atoms with Gasteiger partial charge in [-0.25, -0.2) is 14.4 Å². The fourth-order valence-corrected chi connectivity index (χ4v) is 5.43. The molecule has 1 atom stereocenters. The Bertz CT molecular complexity index is 1580. The molecule has 1 N–H and O–H groups in total. The number of nitrogens with one attached hydrogen (secondary N) is 1. The van der Waals surface area contributed by atoms with Crippen LogP contribution in [0.15, 0.2) is 78.0 Å². The van der Waals surface area contributed by atoms with E-state index in [2.05, 4.69) is 15.3 Å². The number of hydrogen-bond acceptors (Lipinski definition) is 7. The van der Waals surface area contributed by atoms with Gasteiger partial charge in [0.25, 0.3) is 5.91 Å². The van der Waals surface area contributed by atoms with Crippen molar-refractivity contribution >= 4 is 29.3 Å². The second-order valence-corrected chi connectivity index (χ2v) is 10.6. The Kier molecular flexibility index (Phi) is 8.49. The summed E-state index contributed by atoms with van der Waals surface area (Å²) in [6.07, 6.45) is 0. The molecule has 10 heteroatoms. The summed E-state index contributed by atoms with van der Waals surface area (Å²) in [5.41, 5.74) is 4.23. The molecular formula is C31H29FN4O4S. The number of aromatic nitrogens is 2. The maximum absolute atomic E-state index is 14.5. The van der Waals surface area contributed by atoms with Crippen molar-refractivity contribution in [1.29, 1.82) is 0 Å². The summed E-state index contributed by atoms with van der Waals surface area (Å²) in [6, 6.07) is 19.2. The highest BCUT2D eigenvalue weighted by Crippen LogP contribution is 2.35. The highest BCUT2D eigenvalue weighted by Gasteiger charge is 2.33. The molecule has 210 valence electrons. The van der Waals surface area contributed by atoms with Crippen molar-refractivity contribution in [2.24, 2.45) is 0 Å². The van der Waals surface area contributed by atoms with Crippen LogP contribution < -0.4 is 14.8 Å². The Morgan fingerprint density at radius 2 is 1.71 bits per heavy atom. The number of carbonyl (C=O) groups is 2. The van der Waals surface area contributed by atoms with E-state index in [-0.39, 0.29) is 25.0 Å². The normalized spacial score (nSPS) is 12.6. The Hall–Kier alpha value is -4.44. The second kappa shape index (κ2) is 12.4. The lowest BCUT2D eigenvalue weighted by Crippen LogP contribution is -2.42. The minimum atomic E-state index is -1.14. The van der Waals surface area contributed by atoms with Crippen molar-refractivity contribution in [3.63, 3.8) is 0 Å². The molecule has 2 amide bonds. The van der Waals surface area contributed by atoms with Gasteiger partial charge in [0.05, 0.1) is 5.75 Å². The molecule has 0 bridgehead atoms. The van der Waals surface area contributed by atoms with E-state index in [0.29, 0.717) is 27.9 Å². The Labute approximate surface area is 241 Å². The van der Waals surface area contributed by atoms with Crippen LogP contribution in [0.25, 0.3) is 0 Å². The summed E-state index contributed by atoms with van der Waals surface area (Å²) >= 11 is 1.20. The van der Waals surface area contributed by atoms with Crippen LogP contribution in [0.2, 0.25) is 0 Å². The summed E-state index contributed by atoms with van der Waals surface area (Å²) in [6.45, 7) is 5.91. The Morgan fingerprint density at radius 1 is 0.951 bits per heavy atom. The van der Waals surface area contributed by atoms with Gasteiger partial charge in [-0.2, -0.15) is 0 Å². The highest BCUT2D eigenvalue weighted by atomic mass is 32.2. The summed E-state index contributed by atoms with van der Waals surface area (Å²) < 4.78 is 25.3. The SMILES string of the molecule is Cc1cc(C)nc(SCC(=O)N(Cc2ccccc2C)C(C(=O)Nc2ccc3c(c2)OCO3)c2cccc(F)c2)n1. The average molecular weight is 573 g/mol. The lowest BCUT2D eigenvalue weighted by Gasteiger charge is -2.32. The molecule has 1 aromatic heterocycles. The topological polar surface area (TPSA) is 93.7 Å². The number of thioether (sulfide) groups is 1. The number of aryl methyl sites for hydroxylation is 3. The van der Waals surface area contributed by atoms with Gasteiger partial charge in [0.1, 0.15) is 11.9 Å².